The molecule has 1 aromatic heterocycles. The molecule has 0 saturated carbocycles. The molecule has 2 aromatic rings. The molecule has 1 N–H and O–H groups in total. The van der Waals surface area contributed by atoms with E-state index >= 15 is 0 Å². The first-order chi connectivity index (χ1) is 10.2. The fourth-order valence-electron chi connectivity index (χ4n) is 1.55. The van der Waals surface area contributed by atoms with Crippen molar-refractivity contribution < 1.29 is 0 Å². The number of aryl methyl sites for hydroxylation is 1. The van der Waals surface area contributed by atoms with Crippen molar-refractivity contribution in [1.29, 1.82) is 0 Å². The second-order valence-corrected chi connectivity index (χ2v) is 5.90. The van der Waals surface area contributed by atoms with E-state index in [-0.39, 0.29) is 0 Å². The van der Waals surface area contributed by atoms with Crippen molar-refractivity contribution in [3.63, 3.8) is 0 Å². The number of nitrogens with zero attached hydrogens (tertiary/aromatic N) is 3. The van der Waals surface area contributed by atoms with Gasteiger partial charge >= 0.3 is 0 Å². The molecule has 110 valence electrons. The van der Waals surface area contributed by atoms with E-state index in [0.717, 1.165) is 34.3 Å². The van der Waals surface area contributed by atoms with Gasteiger partial charge in [0.2, 0.25) is 5.16 Å². The highest BCUT2D eigenvalue weighted by Gasteiger charge is 2.03. The van der Waals surface area contributed by atoms with Gasteiger partial charge in [-0.1, -0.05) is 30.3 Å². The van der Waals surface area contributed by atoms with E-state index in [4.69, 9.17) is 11.6 Å². The van der Waals surface area contributed by atoms with Crippen LogP contribution in [-0.2, 0) is 0 Å². The molecule has 1 aromatic carbocycles. The van der Waals surface area contributed by atoms with Crippen LogP contribution in [0.5, 0.6) is 0 Å². The minimum absolute atomic E-state index is 0.716. The largest absolute Gasteiger partial charge is 0.362 e. The molecule has 0 amide bonds. The smallest absolute Gasteiger partial charge is 0.209 e. The maximum absolute atomic E-state index is 5.85. The van der Waals surface area contributed by atoms with E-state index in [9.17, 15) is 0 Å². The lowest BCUT2D eigenvalue weighted by Crippen LogP contribution is -1.99. The Morgan fingerprint density at radius 1 is 1.24 bits per heavy atom. The summed E-state index contributed by atoms with van der Waals surface area (Å²) in [5.74, 6) is 0.997. The van der Waals surface area contributed by atoms with Crippen LogP contribution in [-0.4, -0.2) is 20.9 Å². The maximum atomic E-state index is 5.85. The monoisotopic (exact) mass is 320 g/mol. The fraction of sp³-hybridized carbons (Fsp3) is 0.267. The molecule has 0 spiro atoms. The second kappa shape index (κ2) is 8.00. The summed E-state index contributed by atoms with van der Waals surface area (Å²) in [5, 5.41) is 12.8. The van der Waals surface area contributed by atoms with Gasteiger partial charge in [-0.05, 0) is 43.7 Å². The predicted octanol–water partition coefficient (Wildman–Crippen LogP) is 4.42. The molecule has 2 rings (SSSR count). The van der Waals surface area contributed by atoms with Gasteiger partial charge in [-0.15, -0.1) is 5.10 Å². The summed E-state index contributed by atoms with van der Waals surface area (Å²) in [5.41, 5.74) is 2.60. The quantitative estimate of drug-likeness (QED) is 0.798. The van der Waals surface area contributed by atoms with Gasteiger partial charge in [0, 0.05) is 22.7 Å². The van der Waals surface area contributed by atoms with Crippen molar-refractivity contribution in [1.82, 2.24) is 15.2 Å². The Kier molecular flexibility index (Phi) is 6.02. The second-order valence-electron chi connectivity index (χ2n) is 4.40. The third-order valence-electron chi connectivity index (χ3n) is 2.64. The van der Waals surface area contributed by atoms with E-state index in [2.05, 4.69) is 27.4 Å². The third kappa shape index (κ3) is 5.02. The number of hydrogen-bond acceptors (Lipinski definition) is 5. The summed E-state index contributed by atoms with van der Waals surface area (Å²) in [6.07, 6.45) is 4.83. The van der Waals surface area contributed by atoms with Crippen molar-refractivity contribution >= 4 is 35.1 Å². The Bertz CT molecular complexity index is 614. The standard InChI is InChI=1S/C15H17ClN4S/c1-3-10-21-15-18-14(11(2)19-20-15)8-9-17-13-6-4-12(16)5-7-13/h4-9,17H,3,10H2,1-2H3/b9-8+. The van der Waals surface area contributed by atoms with Gasteiger partial charge < -0.3 is 5.32 Å². The highest BCUT2D eigenvalue weighted by atomic mass is 35.5. The van der Waals surface area contributed by atoms with E-state index in [1.54, 1.807) is 11.8 Å². The minimum Gasteiger partial charge on any atom is -0.362 e. The first-order valence-corrected chi connectivity index (χ1v) is 8.08. The average molecular weight is 321 g/mol. The van der Waals surface area contributed by atoms with Crippen LogP contribution in [0.25, 0.3) is 6.08 Å². The highest BCUT2D eigenvalue weighted by molar-refractivity contribution is 7.99. The molecule has 0 fully saturated rings. The van der Waals surface area contributed by atoms with Crippen molar-refractivity contribution in [2.75, 3.05) is 11.1 Å². The van der Waals surface area contributed by atoms with Crippen LogP contribution < -0.4 is 5.32 Å². The molecule has 0 unspecified atom stereocenters. The Labute approximate surface area is 134 Å². The summed E-state index contributed by atoms with van der Waals surface area (Å²) < 4.78 is 0. The lowest BCUT2D eigenvalue weighted by Gasteiger charge is -2.03. The van der Waals surface area contributed by atoms with E-state index in [0.29, 0.717) is 5.16 Å². The highest BCUT2D eigenvalue weighted by Crippen LogP contribution is 2.16. The lowest BCUT2D eigenvalue weighted by atomic mass is 10.3. The van der Waals surface area contributed by atoms with Gasteiger partial charge in [-0.3, -0.25) is 0 Å². The van der Waals surface area contributed by atoms with Crippen LogP contribution in [0, 0.1) is 6.92 Å². The number of thioether (sulfide) groups is 1. The summed E-state index contributed by atoms with van der Waals surface area (Å²) in [6.45, 7) is 4.03. The molecule has 21 heavy (non-hydrogen) atoms. The van der Waals surface area contributed by atoms with Crippen molar-refractivity contribution in [3.8, 4) is 0 Å². The fourth-order valence-corrected chi connectivity index (χ4v) is 2.32. The first kappa shape index (κ1) is 15.8. The van der Waals surface area contributed by atoms with Crippen LogP contribution in [0.15, 0.2) is 35.6 Å². The zero-order valence-electron chi connectivity index (χ0n) is 12.0. The molecule has 0 aliphatic heterocycles. The number of benzene rings is 1. The van der Waals surface area contributed by atoms with E-state index in [1.165, 1.54) is 0 Å². The molecule has 0 aliphatic rings. The number of hydrogen-bond donors (Lipinski definition) is 1. The zero-order chi connectivity index (χ0) is 15.1. The molecule has 0 aliphatic carbocycles. The van der Waals surface area contributed by atoms with Gasteiger partial charge in [-0.25, -0.2) is 4.98 Å². The molecule has 6 heteroatoms. The first-order valence-electron chi connectivity index (χ1n) is 6.72. The summed E-state index contributed by atoms with van der Waals surface area (Å²) in [7, 11) is 0. The lowest BCUT2D eigenvalue weighted by molar-refractivity contribution is 0.805. The van der Waals surface area contributed by atoms with Gasteiger partial charge in [0.25, 0.3) is 0 Å². The van der Waals surface area contributed by atoms with Gasteiger partial charge in [0.15, 0.2) is 0 Å². The third-order valence-corrected chi connectivity index (χ3v) is 3.94. The molecule has 0 radical (unpaired) electrons. The number of aromatic nitrogens is 3. The summed E-state index contributed by atoms with van der Waals surface area (Å²) in [6, 6.07) is 7.52. The summed E-state index contributed by atoms with van der Waals surface area (Å²) in [4.78, 5) is 4.50. The SMILES string of the molecule is CCCSc1nnc(C)c(/C=C/Nc2ccc(Cl)cc2)n1. The van der Waals surface area contributed by atoms with Crippen LogP contribution in [0.3, 0.4) is 0 Å². The van der Waals surface area contributed by atoms with Gasteiger partial charge in [0.05, 0.1) is 11.4 Å². The molecular formula is C15H17ClN4S. The van der Waals surface area contributed by atoms with Crippen molar-refractivity contribution in [2.45, 2.75) is 25.4 Å². The van der Waals surface area contributed by atoms with E-state index in [1.807, 2.05) is 43.5 Å². The van der Waals surface area contributed by atoms with Crippen LogP contribution in [0.4, 0.5) is 5.69 Å². The summed E-state index contributed by atoms with van der Waals surface area (Å²) >= 11 is 7.47. The normalized spacial score (nSPS) is 11.0. The van der Waals surface area contributed by atoms with Crippen LogP contribution in [0.2, 0.25) is 5.02 Å². The number of anilines is 1. The maximum Gasteiger partial charge on any atom is 0.209 e. The van der Waals surface area contributed by atoms with Gasteiger partial charge in [0.1, 0.15) is 0 Å². The zero-order valence-corrected chi connectivity index (χ0v) is 13.6. The minimum atomic E-state index is 0.716. The van der Waals surface area contributed by atoms with Crippen molar-refractivity contribution in [2.24, 2.45) is 0 Å². The molecular weight excluding hydrogens is 304 g/mol. The average Bonchev–Trinajstić information content (AvgIpc) is 2.50. The Morgan fingerprint density at radius 2 is 2.00 bits per heavy atom. The van der Waals surface area contributed by atoms with Crippen LogP contribution in [0.1, 0.15) is 24.7 Å². The molecule has 0 bridgehead atoms. The topological polar surface area (TPSA) is 50.7 Å². The van der Waals surface area contributed by atoms with Crippen LogP contribution >= 0.6 is 23.4 Å². The Morgan fingerprint density at radius 3 is 2.71 bits per heavy atom. The molecule has 1 heterocycles. The van der Waals surface area contributed by atoms with Gasteiger partial charge in [-0.2, -0.15) is 5.10 Å². The number of rotatable bonds is 6. The Balaban J connectivity index is 2.03. The Hall–Kier alpha value is -1.59. The molecule has 0 saturated heterocycles. The predicted molar refractivity (Wildman–Crippen MR) is 89.7 cm³/mol. The number of nitrogens with one attached hydrogen (secondary N) is 1. The van der Waals surface area contributed by atoms with E-state index < -0.39 is 0 Å². The molecule has 4 nitrogen and oxygen atoms in total. The molecule has 0 atom stereocenters. The number of halogens is 1. The van der Waals surface area contributed by atoms with Crippen molar-refractivity contribution in [3.05, 3.63) is 46.9 Å².